The maximum absolute atomic E-state index is 6.25. The van der Waals surface area contributed by atoms with Gasteiger partial charge in [-0.15, -0.1) is 0 Å². The zero-order valence-corrected chi connectivity index (χ0v) is 20.6. The smallest absolute Gasteiger partial charge is 0.512 e. The van der Waals surface area contributed by atoms with Gasteiger partial charge in [-0.25, -0.2) is 0 Å². The van der Waals surface area contributed by atoms with Crippen molar-refractivity contribution in [2.75, 3.05) is 0 Å². The van der Waals surface area contributed by atoms with Gasteiger partial charge in [0.2, 0.25) is 0 Å². The van der Waals surface area contributed by atoms with Crippen molar-refractivity contribution in [2.24, 2.45) is 0 Å². The summed E-state index contributed by atoms with van der Waals surface area (Å²) in [5, 5.41) is 75.0. The Morgan fingerprint density at radius 3 is 0.172 bits per heavy atom. The van der Waals surface area contributed by atoms with Crippen LogP contribution in [0, 0.1) is 142 Å². The molecule has 0 amide bonds. The molecule has 0 aromatic carbocycles. The summed E-state index contributed by atoms with van der Waals surface area (Å²) in [6, 6.07) is 0. The van der Waals surface area contributed by atoms with E-state index in [2.05, 4.69) is 0 Å². The van der Waals surface area contributed by atoms with Gasteiger partial charge < -0.3 is 142 Å². The maximum Gasteiger partial charge on any atom is 3.00 e. The van der Waals surface area contributed by atoms with Crippen LogP contribution in [0.15, 0.2) is 0 Å². The summed E-state index contributed by atoms with van der Waals surface area (Å²) in [7, 11) is 0. The first kappa shape index (κ1) is 196. The fraction of sp³-hybridized carbons (Fsp3) is 0. The quantitative estimate of drug-likeness (QED) is 0.316. The van der Waals surface area contributed by atoms with Crippen molar-refractivity contribution in [3.8, 4) is 0 Å². The molecule has 29 heavy (non-hydrogen) atoms. The molecule has 0 saturated heterocycles. The summed E-state index contributed by atoms with van der Waals surface area (Å²) in [5.74, 6) is 0. The topological polar surface area (TPSA) is 285 Å². The summed E-state index contributed by atoms with van der Waals surface area (Å²) >= 11 is 0. The standard InChI is InChI=1S/12CN.2Fe.3Mg/c12*1-2;;;;;/q12*-1;2*+3;3*+2. The molecule has 0 heterocycles. The first-order valence-electron chi connectivity index (χ1n) is 2.68. The number of hydrogen-bond acceptors (Lipinski definition) is 12. The van der Waals surface area contributed by atoms with Crippen molar-refractivity contribution in [2.45, 2.75) is 0 Å². The molecule has 0 aliphatic carbocycles. The normalized spacial score (nSPS) is 0.828. The minimum absolute atomic E-state index is 0. The van der Waals surface area contributed by atoms with Gasteiger partial charge in [0.25, 0.3) is 0 Å². The van der Waals surface area contributed by atoms with Crippen molar-refractivity contribution >= 4 is 69.2 Å². The molecule has 0 bridgehead atoms. The molecule has 0 aromatic rings. The molecule has 17 heteroatoms. The minimum atomic E-state index is 0. The fourth-order valence-electron chi connectivity index (χ4n) is 0. The zero-order valence-electron chi connectivity index (χ0n) is 14.2. The first-order chi connectivity index (χ1) is 12.0. The second-order valence-electron chi connectivity index (χ2n) is 0. The van der Waals surface area contributed by atoms with E-state index < -0.39 is 0 Å². The Labute approximate surface area is 243 Å². The Morgan fingerprint density at radius 2 is 0.172 bits per heavy atom. The van der Waals surface area contributed by atoms with Gasteiger partial charge in [-0.05, 0) is 0 Å². The Bertz CT molecular complexity index is 234. The summed E-state index contributed by atoms with van der Waals surface area (Å²) in [6.45, 7) is 57.0. The third kappa shape index (κ3) is 1760. The monoisotopic (exact) mass is 496 g/mol. The van der Waals surface area contributed by atoms with E-state index in [-0.39, 0.29) is 103 Å². The predicted octanol–water partition coefficient (Wildman–Crippen LogP) is 0.00904. The van der Waals surface area contributed by atoms with Crippen LogP contribution in [0.5, 0.6) is 0 Å². The molecule has 0 spiro atoms. The summed E-state index contributed by atoms with van der Waals surface area (Å²) in [6.07, 6.45) is 0. The molecular weight excluding hydrogens is 497 g/mol. The van der Waals surface area contributed by atoms with Crippen LogP contribution >= 0.6 is 0 Å². The number of nitrogens with zero attached hydrogens (tertiary/aromatic N) is 12. The van der Waals surface area contributed by atoms with E-state index in [0.29, 0.717) is 0 Å². The van der Waals surface area contributed by atoms with Crippen LogP contribution in [0.2, 0.25) is 0 Å². The molecule has 0 aromatic heterocycles. The molecule has 0 unspecified atom stereocenters. The molecule has 130 valence electrons. The van der Waals surface area contributed by atoms with Gasteiger partial charge in [0.1, 0.15) is 0 Å². The van der Waals surface area contributed by atoms with Crippen LogP contribution in [0.1, 0.15) is 0 Å². The van der Waals surface area contributed by atoms with Crippen molar-refractivity contribution in [3.05, 3.63) is 78.9 Å². The van der Waals surface area contributed by atoms with Gasteiger partial charge >= 0.3 is 103 Å². The second kappa shape index (κ2) is 1910. The molecule has 2 radical (unpaired) electrons. The minimum Gasteiger partial charge on any atom is -0.512 e. The second-order valence-corrected chi connectivity index (χ2v) is 0. The molecular formula is C12Fe2Mg3N12. The largest absolute Gasteiger partial charge is 3.00 e. The van der Waals surface area contributed by atoms with Crippen molar-refractivity contribution < 1.29 is 34.1 Å². The first-order valence-corrected chi connectivity index (χ1v) is 2.68. The summed E-state index contributed by atoms with van der Waals surface area (Å²) in [4.78, 5) is 0. The Hall–Kier alpha value is -2.78. The van der Waals surface area contributed by atoms with Crippen LogP contribution in [-0.2, 0) is 34.1 Å². The average molecular weight is 497 g/mol. The molecule has 0 aliphatic heterocycles. The molecule has 0 aliphatic rings. The molecule has 0 saturated carbocycles. The Morgan fingerprint density at radius 1 is 0.172 bits per heavy atom. The van der Waals surface area contributed by atoms with Gasteiger partial charge in [-0.3, -0.25) is 0 Å². The maximum atomic E-state index is 6.25. The van der Waals surface area contributed by atoms with Crippen LogP contribution in [0.25, 0.3) is 0 Å². The van der Waals surface area contributed by atoms with Crippen molar-refractivity contribution in [1.82, 2.24) is 0 Å². The van der Waals surface area contributed by atoms with Crippen LogP contribution in [-0.4, -0.2) is 69.2 Å². The fourth-order valence-corrected chi connectivity index (χ4v) is 0. The Balaban J connectivity index is -0.00000000356. The van der Waals surface area contributed by atoms with Gasteiger partial charge in [0.05, 0.1) is 0 Å². The molecule has 0 atom stereocenters. The van der Waals surface area contributed by atoms with E-state index in [4.69, 9.17) is 142 Å². The number of rotatable bonds is 0. The van der Waals surface area contributed by atoms with E-state index >= 15 is 0 Å². The average Bonchev–Trinajstić information content (AvgIpc) is 2.84. The SMILES string of the molecule is [C-]#N.[C-]#N.[C-]#N.[C-]#N.[C-]#N.[C-]#N.[C-]#N.[C-]#N.[C-]#N.[C-]#N.[C-]#N.[C-]#N.[Fe+3].[Fe+3].[Mg+2].[Mg+2].[Mg+2]. The van der Waals surface area contributed by atoms with E-state index in [1.165, 1.54) is 0 Å². The zero-order chi connectivity index (χ0) is 24.0. The van der Waals surface area contributed by atoms with Gasteiger partial charge in [-0.1, -0.05) is 0 Å². The van der Waals surface area contributed by atoms with Crippen molar-refractivity contribution in [3.63, 3.8) is 0 Å². The van der Waals surface area contributed by atoms with E-state index in [1.807, 2.05) is 0 Å². The van der Waals surface area contributed by atoms with Gasteiger partial charge in [-0.2, -0.15) is 0 Å². The Kier molecular flexibility index (Phi) is 12900. The van der Waals surface area contributed by atoms with E-state index in [0.717, 1.165) is 0 Å². The third-order valence-electron chi connectivity index (χ3n) is 0. The molecule has 0 fully saturated rings. The predicted molar refractivity (Wildman–Crippen MR) is 76.9 cm³/mol. The van der Waals surface area contributed by atoms with Gasteiger partial charge in [0, 0.05) is 0 Å². The van der Waals surface area contributed by atoms with Crippen LogP contribution < -0.4 is 0 Å². The van der Waals surface area contributed by atoms with Crippen molar-refractivity contribution in [1.29, 1.82) is 63.1 Å². The van der Waals surface area contributed by atoms with Gasteiger partial charge in [0.15, 0.2) is 0 Å². The van der Waals surface area contributed by atoms with E-state index in [9.17, 15) is 0 Å². The summed E-state index contributed by atoms with van der Waals surface area (Å²) < 4.78 is 0. The number of hydrogen-bond donors (Lipinski definition) is 0. The molecule has 12 nitrogen and oxygen atoms in total. The van der Waals surface area contributed by atoms with Crippen LogP contribution in [0.3, 0.4) is 0 Å². The molecule has 0 N–H and O–H groups in total. The third-order valence-corrected chi connectivity index (χ3v) is 0. The van der Waals surface area contributed by atoms with E-state index in [1.54, 1.807) is 0 Å². The molecule has 0 rings (SSSR count). The summed E-state index contributed by atoms with van der Waals surface area (Å²) in [5.41, 5.74) is 0. The van der Waals surface area contributed by atoms with Crippen LogP contribution in [0.4, 0.5) is 0 Å².